The maximum Gasteiger partial charge on any atom is 0.306 e. The number of rotatable bonds is 9. The summed E-state index contributed by atoms with van der Waals surface area (Å²) in [6, 6.07) is 10.3. The molecule has 0 radical (unpaired) electrons. The molecule has 4 aliphatic rings. The van der Waals surface area contributed by atoms with Crippen molar-refractivity contribution >= 4 is 23.6 Å². The second-order valence-electron chi connectivity index (χ2n) is 9.14. The van der Waals surface area contributed by atoms with E-state index in [0.717, 1.165) is 29.3 Å². The average Bonchev–Trinajstić information content (AvgIpc) is 2.65. The van der Waals surface area contributed by atoms with Crippen LogP contribution in [-0.2, 0) is 20.1 Å². The molecule has 152 valence electrons. The van der Waals surface area contributed by atoms with Gasteiger partial charge in [-0.05, 0) is 67.3 Å². The van der Waals surface area contributed by atoms with Crippen LogP contribution in [0.4, 0.5) is 0 Å². The monoisotopic (exact) mass is 401 g/mol. The lowest BCUT2D eigenvalue weighted by molar-refractivity contribution is -0.155. The first-order valence-corrected chi connectivity index (χ1v) is 11.8. The van der Waals surface area contributed by atoms with Gasteiger partial charge in [-0.3, -0.25) is 9.59 Å². The minimum Gasteiger partial charge on any atom is -0.456 e. The minimum atomic E-state index is -0.195. The van der Waals surface area contributed by atoms with Crippen LogP contribution in [0, 0.1) is 23.2 Å². The third kappa shape index (κ3) is 5.11. The van der Waals surface area contributed by atoms with E-state index >= 15 is 0 Å². The van der Waals surface area contributed by atoms with Crippen molar-refractivity contribution in [1.82, 2.24) is 5.32 Å². The number of benzene rings is 1. The van der Waals surface area contributed by atoms with E-state index < -0.39 is 0 Å². The van der Waals surface area contributed by atoms with Crippen LogP contribution in [0.1, 0.15) is 50.5 Å². The van der Waals surface area contributed by atoms with Crippen molar-refractivity contribution in [2.24, 2.45) is 23.2 Å². The van der Waals surface area contributed by atoms with Gasteiger partial charge >= 0.3 is 5.97 Å². The van der Waals surface area contributed by atoms with E-state index in [-0.39, 0.29) is 23.9 Å². The van der Waals surface area contributed by atoms with Gasteiger partial charge in [0.1, 0.15) is 0 Å². The lowest BCUT2D eigenvalue weighted by atomic mass is 9.49. The second kappa shape index (κ2) is 8.89. The predicted molar refractivity (Wildman–Crippen MR) is 112 cm³/mol. The molecule has 1 amide bonds. The second-order valence-corrected chi connectivity index (χ2v) is 10.2. The van der Waals surface area contributed by atoms with Crippen LogP contribution in [0.15, 0.2) is 30.3 Å². The van der Waals surface area contributed by atoms with Crippen molar-refractivity contribution < 1.29 is 14.3 Å². The fraction of sp³-hybridized carbons (Fsp3) is 0.652. The molecule has 4 fully saturated rings. The molecule has 1 N–H and O–H groups in total. The Morgan fingerprint density at radius 3 is 2.32 bits per heavy atom. The van der Waals surface area contributed by atoms with Gasteiger partial charge in [0.15, 0.2) is 6.61 Å². The molecule has 0 heterocycles. The van der Waals surface area contributed by atoms with Crippen LogP contribution in [-0.4, -0.2) is 30.8 Å². The number of esters is 1. The van der Waals surface area contributed by atoms with Crippen molar-refractivity contribution in [2.45, 2.75) is 50.7 Å². The van der Waals surface area contributed by atoms with Gasteiger partial charge in [-0.15, -0.1) is 0 Å². The molecule has 0 unspecified atom stereocenters. The third-order valence-corrected chi connectivity index (χ3v) is 7.76. The molecule has 1 aromatic rings. The average molecular weight is 402 g/mol. The molecule has 0 aromatic heterocycles. The zero-order chi connectivity index (χ0) is 19.4. The fourth-order valence-corrected chi connectivity index (χ4v) is 6.91. The number of thioether (sulfide) groups is 1. The number of hydrogen-bond acceptors (Lipinski definition) is 4. The molecule has 4 aliphatic carbocycles. The molecule has 0 saturated heterocycles. The number of carbonyl (C=O) groups is 2. The summed E-state index contributed by atoms with van der Waals surface area (Å²) in [7, 11) is 0. The van der Waals surface area contributed by atoms with Crippen LogP contribution in [0.3, 0.4) is 0 Å². The van der Waals surface area contributed by atoms with Crippen LogP contribution in [0.2, 0.25) is 0 Å². The molecule has 0 spiro atoms. The summed E-state index contributed by atoms with van der Waals surface area (Å²) < 4.78 is 5.31. The molecule has 5 heteroatoms. The summed E-state index contributed by atoms with van der Waals surface area (Å²) in [6.07, 6.45) is 8.21. The molecule has 4 bridgehead atoms. The van der Waals surface area contributed by atoms with Crippen LogP contribution in [0.5, 0.6) is 0 Å². The topological polar surface area (TPSA) is 55.4 Å². The number of ether oxygens (including phenoxy) is 1. The summed E-state index contributed by atoms with van der Waals surface area (Å²) in [5.74, 6) is 3.90. The zero-order valence-corrected chi connectivity index (χ0v) is 17.3. The van der Waals surface area contributed by atoms with Crippen molar-refractivity contribution in [2.75, 3.05) is 18.9 Å². The van der Waals surface area contributed by atoms with Gasteiger partial charge in [0.05, 0.1) is 6.42 Å². The molecule has 0 atom stereocenters. The largest absolute Gasteiger partial charge is 0.456 e. The van der Waals surface area contributed by atoms with E-state index in [9.17, 15) is 9.59 Å². The highest BCUT2D eigenvalue weighted by molar-refractivity contribution is 7.98. The summed E-state index contributed by atoms with van der Waals surface area (Å²) in [6.45, 7) is 0.456. The minimum absolute atomic E-state index is 0.144. The highest BCUT2D eigenvalue weighted by atomic mass is 32.2. The van der Waals surface area contributed by atoms with Gasteiger partial charge in [-0.25, -0.2) is 0 Å². The first kappa shape index (κ1) is 19.8. The third-order valence-electron chi connectivity index (χ3n) is 6.73. The highest BCUT2D eigenvalue weighted by Crippen LogP contribution is 2.61. The quantitative estimate of drug-likeness (QED) is 0.498. The lowest BCUT2D eigenvalue weighted by Gasteiger charge is -2.56. The first-order valence-electron chi connectivity index (χ1n) is 10.6. The normalized spacial score (nSPS) is 30.2. The maximum atomic E-state index is 12.4. The highest BCUT2D eigenvalue weighted by Gasteiger charge is 2.51. The molecule has 1 aromatic carbocycles. The van der Waals surface area contributed by atoms with E-state index in [1.807, 2.05) is 18.2 Å². The predicted octanol–water partition coefficient (Wildman–Crippen LogP) is 4.19. The van der Waals surface area contributed by atoms with E-state index in [2.05, 4.69) is 17.4 Å². The van der Waals surface area contributed by atoms with Gasteiger partial charge in [-0.1, -0.05) is 30.3 Å². The number of hydrogen-bond donors (Lipinski definition) is 1. The number of nitrogens with one attached hydrogen (secondary N) is 1. The summed E-state index contributed by atoms with van der Waals surface area (Å²) in [5.41, 5.74) is 1.47. The van der Waals surface area contributed by atoms with Crippen molar-refractivity contribution in [3.8, 4) is 0 Å². The van der Waals surface area contributed by atoms with Crippen molar-refractivity contribution in [3.63, 3.8) is 0 Å². The molecule has 0 aliphatic heterocycles. The Kier molecular flexibility index (Phi) is 6.29. The summed E-state index contributed by atoms with van der Waals surface area (Å²) in [4.78, 5) is 24.3. The van der Waals surface area contributed by atoms with E-state index in [1.165, 1.54) is 44.1 Å². The van der Waals surface area contributed by atoms with E-state index in [1.54, 1.807) is 11.8 Å². The Bertz CT molecular complexity index is 655. The van der Waals surface area contributed by atoms with E-state index in [0.29, 0.717) is 13.0 Å². The van der Waals surface area contributed by atoms with E-state index in [4.69, 9.17) is 4.74 Å². The van der Waals surface area contributed by atoms with Gasteiger partial charge in [0, 0.05) is 18.1 Å². The maximum absolute atomic E-state index is 12.4. The molecule has 5 rings (SSSR count). The Hall–Kier alpha value is -1.49. The number of carbonyl (C=O) groups excluding carboxylic acids is 2. The zero-order valence-electron chi connectivity index (χ0n) is 16.5. The summed E-state index contributed by atoms with van der Waals surface area (Å²) in [5, 5.41) is 2.85. The van der Waals surface area contributed by atoms with Crippen molar-refractivity contribution in [3.05, 3.63) is 35.9 Å². The Balaban J connectivity index is 1.10. The molecular formula is C23H31NO3S. The van der Waals surface area contributed by atoms with Gasteiger partial charge < -0.3 is 10.1 Å². The Morgan fingerprint density at radius 2 is 1.68 bits per heavy atom. The lowest BCUT2D eigenvalue weighted by Crippen LogP contribution is -2.47. The van der Waals surface area contributed by atoms with Gasteiger partial charge in [0.2, 0.25) is 0 Å². The molecule has 4 nitrogen and oxygen atoms in total. The Morgan fingerprint density at radius 1 is 1.04 bits per heavy atom. The van der Waals surface area contributed by atoms with Crippen LogP contribution >= 0.6 is 11.8 Å². The van der Waals surface area contributed by atoms with Crippen LogP contribution in [0.25, 0.3) is 0 Å². The first-order chi connectivity index (χ1) is 13.6. The van der Waals surface area contributed by atoms with Crippen molar-refractivity contribution in [1.29, 1.82) is 0 Å². The Labute approximate surface area is 172 Å². The van der Waals surface area contributed by atoms with Gasteiger partial charge in [0.25, 0.3) is 5.91 Å². The number of amides is 1. The fourth-order valence-electron chi connectivity index (χ4n) is 6.09. The summed E-state index contributed by atoms with van der Waals surface area (Å²) >= 11 is 1.79. The van der Waals surface area contributed by atoms with Crippen LogP contribution < -0.4 is 5.32 Å². The smallest absolute Gasteiger partial charge is 0.306 e. The SMILES string of the molecule is O=C(COC(=O)CC12CC3CC(CC(C3)C1)C2)NCCSCc1ccccc1. The standard InChI is InChI=1S/C23H31NO3S/c25-21(24-6-7-28-16-17-4-2-1-3-5-17)15-27-22(26)14-23-11-18-8-19(12-23)10-20(9-18)13-23/h1-5,18-20H,6-16H2,(H,24,25). The molecular weight excluding hydrogens is 370 g/mol. The molecule has 28 heavy (non-hydrogen) atoms. The van der Waals surface area contributed by atoms with Gasteiger partial charge in [-0.2, -0.15) is 11.8 Å². The molecule has 4 saturated carbocycles.